The molecule has 5 heteroatoms. The Morgan fingerprint density at radius 1 is 0.852 bits per heavy atom. The molecule has 0 saturated carbocycles. The van der Waals surface area contributed by atoms with Gasteiger partial charge in [-0.2, -0.15) is 5.10 Å². The highest BCUT2D eigenvalue weighted by Gasteiger charge is 2.07. The van der Waals surface area contributed by atoms with Gasteiger partial charge < -0.3 is 0 Å². The molecule has 0 amide bonds. The Bertz CT molecular complexity index is 1070. The maximum absolute atomic E-state index is 6.35. The first-order chi connectivity index (χ1) is 13.3. The van der Waals surface area contributed by atoms with Crippen LogP contribution in [-0.2, 0) is 0 Å². The fraction of sp³-hybridized carbons (Fsp3) is 0. The fourth-order valence-corrected chi connectivity index (χ4v) is 3.66. The third-order valence-electron chi connectivity index (χ3n) is 4.06. The number of hydrogen-bond donors (Lipinski definition) is 1. The van der Waals surface area contributed by atoms with Crippen molar-refractivity contribution in [1.29, 1.82) is 0 Å². The van der Waals surface area contributed by atoms with Crippen LogP contribution in [0.1, 0.15) is 5.56 Å². The van der Waals surface area contributed by atoms with Crippen LogP contribution in [0.2, 0.25) is 5.02 Å². The van der Waals surface area contributed by atoms with E-state index < -0.39 is 0 Å². The van der Waals surface area contributed by atoms with Gasteiger partial charge in [-0.15, -0.1) is 11.3 Å². The highest BCUT2D eigenvalue weighted by Crippen LogP contribution is 2.29. The van der Waals surface area contributed by atoms with E-state index >= 15 is 0 Å². The molecule has 0 radical (unpaired) electrons. The minimum atomic E-state index is 0.721. The second-order valence-corrected chi connectivity index (χ2v) is 7.11. The van der Waals surface area contributed by atoms with Crippen molar-refractivity contribution >= 4 is 34.3 Å². The molecule has 0 bridgehead atoms. The Morgan fingerprint density at radius 3 is 2.37 bits per heavy atom. The van der Waals surface area contributed by atoms with E-state index in [9.17, 15) is 0 Å². The highest BCUT2D eigenvalue weighted by atomic mass is 35.5. The average Bonchev–Trinajstić information content (AvgIpc) is 3.19. The van der Waals surface area contributed by atoms with Crippen molar-refractivity contribution in [3.8, 4) is 22.4 Å². The number of hydrogen-bond acceptors (Lipinski definition) is 4. The van der Waals surface area contributed by atoms with Crippen LogP contribution in [0, 0.1) is 0 Å². The largest absolute Gasteiger partial charge is 0.253 e. The zero-order chi connectivity index (χ0) is 18.5. The molecule has 3 aromatic carbocycles. The van der Waals surface area contributed by atoms with Crippen LogP contribution in [0.4, 0.5) is 5.13 Å². The van der Waals surface area contributed by atoms with E-state index in [0.717, 1.165) is 38.1 Å². The molecule has 27 heavy (non-hydrogen) atoms. The summed E-state index contributed by atoms with van der Waals surface area (Å²) in [7, 11) is 0. The minimum Gasteiger partial charge on any atom is -0.253 e. The second-order valence-electron chi connectivity index (χ2n) is 5.84. The molecular formula is C22H16ClN3S. The molecule has 0 saturated heterocycles. The Kier molecular flexibility index (Phi) is 5.28. The summed E-state index contributed by atoms with van der Waals surface area (Å²) in [5.41, 5.74) is 8.06. The van der Waals surface area contributed by atoms with Crippen molar-refractivity contribution in [3.05, 3.63) is 94.8 Å². The van der Waals surface area contributed by atoms with E-state index in [-0.39, 0.29) is 0 Å². The summed E-state index contributed by atoms with van der Waals surface area (Å²) in [5.74, 6) is 0. The summed E-state index contributed by atoms with van der Waals surface area (Å²) in [4.78, 5) is 4.58. The molecule has 0 unspecified atom stereocenters. The molecule has 1 aromatic heterocycles. The molecule has 132 valence electrons. The number of nitrogens with one attached hydrogen (secondary N) is 1. The summed E-state index contributed by atoms with van der Waals surface area (Å²) < 4.78 is 0. The van der Waals surface area contributed by atoms with Gasteiger partial charge in [0.1, 0.15) is 0 Å². The molecule has 0 aliphatic rings. The third kappa shape index (κ3) is 4.08. The quantitative estimate of drug-likeness (QED) is 0.309. The zero-order valence-electron chi connectivity index (χ0n) is 14.3. The zero-order valence-corrected chi connectivity index (χ0v) is 15.9. The SMILES string of the molecule is Clc1ccccc1-c1ccccc1C=NNc1nc(-c2ccccc2)cs1. The lowest BCUT2D eigenvalue weighted by molar-refractivity contribution is 1.29. The number of anilines is 1. The van der Waals surface area contributed by atoms with E-state index in [2.05, 4.69) is 15.5 Å². The Hall–Kier alpha value is -2.95. The Labute approximate surface area is 167 Å². The van der Waals surface area contributed by atoms with Gasteiger partial charge >= 0.3 is 0 Å². The summed E-state index contributed by atoms with van der Waals surface area (Å²) in [6.07, 6.45) is 1.79. The predicted molar refractivity (Wildman–Crippen MR) is 116 cm³/mol. The van der Waals surface area contributed by atoms with Crippen LogP contribution in [0.3, 0.4) is 0 Å². The summed E-state index contributed by atoms with van der Waals surface area (Å²) in [5, 5.41) is 7.85. The fourth-order valence-electron chi connectivity index (χ4n) is 2.76. The summed E-state index contributed by atoms with van der Waals surface area (Å²) in [6.45, 7) is 0. The third-order valence-corrected chi connectivity index (χ3v) is 5.14. The molecule has 3 nitrogen and oxygen atoms in total. The number of hydrazone groups is 1. The van der Waals surface area contributed by atoms with E-state index in [1.54, 1.807) is 6.21 Å². The standard InChI is InChI=1S/C22H16ClN3S/c23-20-13-7-6-12-19(20)18-11-5-4-10-17(18)14-24-26-22-25-21(15-27-22)16-8-2-1-3-9-16/h1-15H,(H,25,26). The molecule has 4 rings (SSSR count). The molecule has 0 aliphatic heterocycles. The maximum Gasteiger partial charge on any atom is 0.203 e. The number of halogens is 1. The molecule has 0 spiro atoms. The van der Waals surface area contributed by atoms with Gasteiger partial charge in [0.05, 0.1) is 11.9 Å². The lowest BCUT2D eigenvalue weighted by Crippen LogP contribution is -1.93. The second kappa shape index (κ2) is 8.16. The van der Waals surface area contributed by atoms with Gasteiger partial charge in [-0.1, -0.05) is 84.4 Å². The highest BCUT2D eigenvalue weighted by molar-refractivity contribution is 7.14. The van der Waals surface area contributed by atoms with Crippen LogP contribution >= 0.6 is 22.9 Å². The summed E-state index contributed by atoms with van der Waals surface area (Å²) >= 11 is 7.88. The first-order valence-electron chi connectivity index (χ1n) is 8.45. The van der Waals surface area contributed by atoms with Crippen LogP contribution in [-0.4, -0.2) is 11.2 Å². The Morgan fingerprint density at radius 2 is 1.56 bits per heavy atom. The maximum atomic E-state index is 6.35. The number of aromatic nitrogens is 1. The first kappa shape index (κ1) is 17.5. The van der Waals surface area contributed by atoms with Crippen molar-refractivity contribution < 1.29 is 0 Å². The van der Waals surface area contributed by atoms with E-state index in [1.165, 1.54) is 11.3 Å². The molecule has 1 heterocycles. The normalized spacial score (nSPS) is 11.0. The van der Waals surface area contributed by atoms with Gasteiger partial charge in [0.15, 0.2) is 0 Å². The predicted octanol–water partition coefficient (Wildman–Crippen LogP) is 6.58. The molecular weight excluding hydrogens is 374 g/mol. The van der Waals surface area contributed by atoms with Crippen molar-refractivity contribution in [2.75, 3.05) is 5.43 Å². The molecule has 1 N–H and O–H groups in total. The molecule has 0 fully saturated rings. The van der Waals surface area contributed by atoms with Crippen LogP contribution in [0.15, 0.2) is 89.3 Å². The van der Waals surface area contributed by atoms with Gasteiger partial charge in [-0.3, -0.25) is 5.43 Å². The minimum absolute atomic E-state index is 0.721. The van der Waals surface area contributed by atoms with Crippen molar-refractivity contribution in [3.63, 3.8) is 0 Å². The van der Waals surface area contributed by atoms with Gasteiger partial charge in [-0.25, -0.2) is 4.98 Å². The lowest BCUT2D eigenvalue weighted by Gasteiger charge is -2.07. The number of thiazole rings is 1. The number of rotatable bonds is 5. The van der Waals surface area contributed by atoms with Crippen molar-refractivity contribution in [2.24, 2.45) is 5.10 Å². The van der Waals surface area contributed by atoms with Gasteiger partial charge in [0, 0.05) is 27.1 Å². The molecule has 0 atom stereocenters. The average molecular weight is 390 g/mol. The van der Waals surface area contributed by atoms with E-state index in [0.29, 0.717) is 0 Å². The first-order valence-corrected chi connectivity index (χ1v) is 9.71. The van der Waals surface area contributed by atoms with Crippen molar-refractivity contribution in [1.82, 2.24) is 4.98 Å². The number of benzene rings is 3. The topological polar surface area (TPSA) is 37.3 Å². The molecule has 4 aromatic rings. The van der Waals surface area contributed by atoms with Crippen LogP contribution < -0.4 is 5.43 Å². The Balaban J connectivity index is 1.53. The van der Waals surface area contributed by atoms with E-state index in [1.807, 2.05) is 84.2 Å². The smallest absolute Gasteiger partial charge is 0.203 e. The lowest BCUT2D eigenvalue weighted by atomic mass is 10.0. The number of nitrogens with zero attached hydrogens (tertiary/aromatic N) is 2. The van der Waals surface area contributed by atoms with Crippen LogP contribution in [0.25, 0.3) is 22.4 Å². The van der Waals surface area contributed by atoms with Crippen LogP contribution in [0.5, 0.6) is 0 Å². The monoisotopic (exact) mass is 389 g/mol. The van der Waals surface area contributed by atoms with E-state index in [4.69, 9.17) is 11.6 Å². The van der Waals surface area contributed by atoms with Gasteiger partial charge in [-0.05, 0) is 11.6 Å². The van der Waals surface area contributed by atoms with Crippen molar-refractivity contribution in [2.45, 2.75) is 0 Å². The summed E-state index contributed by atoms with van der Waals surface area (Å²) in [6, 6.07) is 25.9. The molecule has 0 aliphatic carbocycles. The van der Waals surface area contributed by atoms with Gasteiger partial charge in [0.2, 0.25) is 5.13 Å². The van der Waals surface area contributed by atoms with Gasteiger partial charge in [0.25, 0.3) is 0 Å².